The van der Waals surface area contributed by atoms with Gasteiger partial charge in [0.25, 0.3) is 0 Å². The number of hydrogen-bond acceptors (Lipinski definition) is 5. The van der Waals surface area contributed by atoms with E-state index in [0.717, 1.165) is 9.21 Å². The third-order valence-corrected chi connectivity index (χ3v) is 3.55. The molecule has 0 spiro atoms. The van der Waals surface area contributed by atoms with Crippen LogP contribution in [0.3, 0.4) is 0 Å². The van der Waals surface area contributed by atoms with Crippen molar-refractivity contribution in [3.63, 3.8) is 0 Å². The van der Waals surface area contributed by atoms with E-state index in [1.165, 1.54) is 17.5 Å². The van der Waals surface area contributed by atoms with E-state index in [1.54, 1.807) is 0 Å². The molecule has 2 aromatic heterocycles. The van der Waals surface area contributed by atoms with E-state index >= 15 is 0 Å². The van der Waals surface area contributed by atoms with Crippen molar-refractivity contribution in [1.82, 2.24) is 9.97 Å². The molecular weight excluding hydrogens is 279 g/mol. The van der Waals surface area contributed by atoms with Crippen molar-refractivity contribution < 1.29 is 0 Å². The maximum absolute atomic E-state index is 5.87. The minimum atomic E-state index is 0.185. The van der Waals surface area contributed by atoms with Crippen LogP contribution >= 0.6 is 34.5 Å². The van der Waals surface area contributed by atoms with Crippen molar-refractivity contribution in [3.05, 3.63) is 32.8 Å². The van der Waals surface area contributed by atoms with Gasteiger partial charge in [0.1, 0.15) is 0 Å². The molecule has 0 saturated heterocycles. The molecule has 0 saturated carbocycles. The lowest BCUT2D eigenvalue weighted by Gasteiger charge is -2.18. The fraction of sp³-hybridized carbons (Fsp3) is 0.200. The van der Waals surface area contributed by atoms with Crippen LogP contribution in [-0.2, 0) is 6.54 Å². The number of nitrogens with two attached hydrogens (primary N) is 1. The number of aromatic nitrogens is 2. The summed E-state index contributed by atoms with van der Waals surface area (Å²) in [7, 11) is 1.89. The first-order valence-electron chi connectivity index (χ1n) is 4.79. The van der Waals surface area contributed by atoms with Crippen LogP contribution in [0.2, 0.25) is 9.62 Å². The summed E-state index contributed by atoms with van der Waals surface area (Å²) in [4.78, 5) is 11.0. The third kappa shape index (κ3) is 3.00. The fourth-order valence-corrected chi connectivity index (χ4v) is 2.68. The van der Waals surface area contributed by atoms with E-state index < -0.39 is 0 Å². The third-order valence-electron chi connectivity index (χ3n) is 2.15. The van der Waals surface area contributed by atoms with Crippen LogP contribution in [0.1, 0.15) is 4.88 Å². The van der Waals surface area contributed by atoms with E-state index in [2.05, 4.69) is 9.97 Å². The lowest BCUT2D eigenvalue weighted by molar-refractivity contribution is 0.907. The molecular formula is C10H10Cl2N4S. The molecule has 0 aliphatic heterocycles. The van der Waals surface area contributed by atoms with Crippen LogP contribution in [0.15, 0.2) is 18.3 Å². The first-order chi connectivity index (χ1) is 8.06. The van der Waals surface area contributed by atoms with Crippen molar-refractivity contribution in [2.45, 2.75) is 6.54 Å². The summed E-state index contributed by atoms with van der Waals surface area (Å²) in [5.41, 5.74) is 6.30. The van der Waals surface area contributed by atoms with Gasteiger partial charge >= 0.3 is 0 Å². The predicted molar refractivity (Wildman–Crippen MR) is 72.9 cm³/mol. The monoisotopic (exact) mass is 288 g/mol. The van der Waals surface area contributed by atoms with Crippen molar-refractivity contribution in [2.75, 3.05) is 17.7 Å². The molecule has 0 aliphatic rings. The second kappa shape index (κ2) is 5.08. The summed E-state index contributed by atoms with van der Waals surface area (Å²) in [6.07, 6.45) is 1.50. The average molecular weight is 289 g/mol. The highest BCUT2D eigenvalue weighted by Gasteiger charge is 2.10. The van der Waals surface area contributed by atoms with Crippen molar-refractivity contribution >= 4 is 46.0 Å². The van der Waals surface area contributed by atoms with E-state index in [4.69, 9.17) is 28.9 Å². The van der Waals surface area contributed by atoms with Crippen molar-refractivity contribution in [3.8, 4) is 0 Å². The molecule has 2 heterocycles. The first-order valence-corrected chi connectivity index (χ1v) is 6.37. The minimum Gasteiger partial charge on any atom is -0.394 e. The van der Waals surface area contributed by atoms with Gasteiger partial charge in [-0.1, -0.05) is 11.6 Å². The molecule has 0 unspecified atom stereocenters. The molecule has 90 valence electrons. The van der Waals surface area contributed by atoms with Crippen molar-refractivity contribution in [1.29, 1.82) is 0 Å². The van der Waals surface area contributed by atoms with Gasteiger partial charge in [0.15, 0.2) is 5.82 Å². The maximum atomic E-state index is 5.87. The number of hydrogen-bond donors (Lipinski definition) is 1. The van der Waals surface area contributed by atoms with Gasteiger partial charge in [-0.3, -0.25) is 0 Å². The Morgan fingerprint density at radius 2 is 2.18 bits per heavy atom. The smallest absolute Gasteiger partial charge is 0.224 e. The topological polar surface area (TPSA) is 55.0 Å². The molecule has 7 heteroatoms. The standard InChI is InChI=1S/C10H10Cl2N4S/c1-16(5-6-2-3-8(11)17-6)9-7(13)4-14-10(12)15-9/h2-4H,5,13H2,1H3. The Bertz CT molecular complexity index is 529. The lowest BCUT2D eigenvalue weighted by Crippen LogP contribution is -2.18. The number of nitrogens with zero attached hydrogens (tertiary/aromatic N) is 3. The van der Waals surface area contributed by atoms with E-state index in [1.807, 2.05) is 24.1 Å². The number of rotatable bonds is 3. The highest BCUT2D eigenvalue weighted by molar-refractivity contribution is 7.16. The summed E-state index contributed by atoms with van der Waals surface area (Å²) in [5, 5.41) is 0.185. The molecule has 17 heavy (non-hydrogen) atoms. The average Bonchev–Trinajstić information content (AvgIpc) is 2.67. The van der Waals surface area contributed by atoms with E-state index in [0.29, 0.717) is 18.1 Å². The molecule has 0 aromatic carbocycles. The molecule has 0 radical (unpaired) electrons. The van der Waals surface area contributed by atoms with Gasteiger partial charge in [-0.15, -0.1) is 11.3 Å². The molecule has 2 aromatic rings. The first kappa shape index (κ1) is 12.4. The number of halogens is 2. The zero-order valence-electron chi connectivity index (χ0n) is 9.02. The highest BCUT2D eigenvalue weighted by Crippen LogP contribution is 2.26. The zero-order chi connectivity index (χ0) is 12.4. The van der Waals surface area contributed by atoms with Crippen LogP contribution in [-0.4, -0.2) is 17.0 Å². The molecule has 2 N–H and O–H groups in total. The van der Waals surface area contributed by atoms with Gasteiger partial charge in [-0.2, -0.15) is 4.98 Å². The number of nitrogen functional groups attached to an aromatic ring is 1. The largest absolute Gasteiger partial charge is 0.394 e. The van der Waals surface area contributed by atoms with Crippen LogP contribution in [0.5, 0.6) is 0 Å². The quantitative estimate of drug-likeness (QED) is 0.882. The van der Waals surface area contributed by atoms with Crippen molar-refractivity contribution in [2.24, 2.45) is 0 Å². The normalized spacial score (nSPS) is 10.5. The molecule has 0 aliphatic carbocycles. The second-order valence-corrected chi connectivity index (χ2v) is 5.62. The van der Waals surface area contributed by atoms with E-state index in [-0.39, 0.29) is 5.28 Å². The van der Waals surface area contributed by atoms with Gasteiger partial charge in [-0.05, 0) is 23.7 Å². The molecule has 0 atom stereocenters. The van der Waals surface area contributed by atoms with Crippen LogP contribution in [0.4, 0.5) is 11.5 Å². The molecule has 4 nitrogen and oxygen atoms in total. The SMILES string of the molecule is CN(Cc1ccc(Cl)s1)c1nc(Cl)ncc1N. The number of thiophene rings is 1. The molecule has 0 fully saturated rings. The molecule has 0 amide bonds. The zero-order valence-corrected chi connectivity index (χ0v) is 11.4. The van der Waals surface area contributed by atoms with Crippen LogP contribution in [0.25, 0.3) is 0 Å². The molecule has 2 rings (SSSR count). The van der Waals surface area contributed by atoms with Crippen LogP contribution in [0, 0.1) is 0 Å². The van der Waals surface area contributed by atoms with Gasteiger partial charge in [-0.25, -0.2) is 4.98 Å². The van der Waals surface area contributed by atoms with Gasteiger partial charge in [0.2, 0.25) is 5.28 Å². The Morgan fingerprint density at radius 1 is 1.41 bits per heavy atom. The van der Waals surface area contributed by atoms with Gasteiger partial charge in [0, 0.05) is 11.9 Å². The lowest BCUT2D eigenvalue weighted by atomic mass is 10.4. The Balaban J connectivity index is 2.19. The maximum Gasteiger partial charge on any atom is 0.224 e. The number of anilines is 2. The van der Waals surface area contributed by atoms with E-state index in [9.17, 15) is 0 Å². The Kier molecular flexibility index (Phi) is 3.71. The van der Waals surface area contributed by atoms with Gasteiger partial charge in [0.05, 0.1) is 22.8 Å². The Labute approximate surface area is 113 Å². The Morgan fingerprint density at radius 3 is 2.82 bits per heavy atom. The fourth-order valence-electron chi connectivity index (χ4n) is 1.41. The predicted octanol–water partition coefficient (Wildman–Crippen LogP) is 3.06. The highest BCUT2D eigenvalue weighted by atomic mass is 35.5. The molecule has 0 bridgehead atoms. The Hall–Kier alpha value is -1.04. The summed E-state index contributed by atoms with van der Waals surface area (Å²) < 4.78 is 0.766. The minimum absolute atomic E-state index is 0.185. The second-order valence-electron chi connectivity index (χ2n) is 3.48. The summed E-state index contributed by atoms with van der Waals surface area (Å²) in [5.74, 6) is 0.620. The van der Waals surface area contributed by atoms with Crippen LogP contribution < -0.4 is 10.6 Å². The summed E-state index contributed by atoms with van der Waals surface area (Å²) >= 11 is 13.1. The summed E-state index contributed by atoms with van der Waals surface area (Å²) in [6, 6.07) is 3.84. The van der Waals surface area contributed by atoms with Gasteiger partial charge < -0.3 is 10.6 Å². The summed E-state index contributed by atoms with van der Waals surface area (Å²) in [6.45, 7) is 0.676.